The first-order valence-corrected chi connectivity index (χ1v) is 20.6. The van der Waals surface area contributed by atoms with Crippen molar-refractivity contribution in [2.45, 2.75) is 135 Å². The number of carbonyl (C=O) groups excluding carboxylic acids is 5. The molecule has 1 heterocycles. The number of benzene rings is 2. The van der Waals surface area contributed by atoms with E-state index < -0.39 is 65.5 Å². The summed E-state index contributed by atoms with van der Waals surface area (Å²) < 4.78 is 5.58. The number of unbranched alkanes of at least 4 members (excludes halogenated alkanes) is 1. The minimum absolute atomic E-state index is 0.0468. The van der Waals surface area contributed by atoms with E-state index in [1.165, 1.54) is 17.4 Å². The molecule has 58 heavy (non-hydrogen) atoms. The van der Waals surface area contributed by atoms with Crippen LogP contribution >= 0.6 is 0 Å². The molecule has 4 rings (SSSR count). The Balaban J connectivity index is 1.70. The summed E-state index contributed by atoms with van der Waals surface area (Å²) in [5, 5.41) is 20.7. The van der Waals surface area contributed by atoms with E-state index in [1.807, 2.05) is 67.6 Å². The lowest BCUT2D eigenvalue weighted by molar-refractivity contribution is -0.148. The Morgan fingerprint density at radius 2 is 1.57 bits per heavy atom. The number of H-pyrrole nitrogens is 1. The highest BCUT2D eigenvalue weighted by Gasteiger charge is 2.43. The van der Waals surface area contributed by atoms with Crippen LogP contribution in [0.4, 0.5) is 4.79 Å². The first-order chi connectivity index (χ1) is 27.8. The van der Waals surface area contributed by atoms with Crippen molar-refractivity contribution in [3.63, 3.8) is 0 Å². The van der Waals surface area contributed by atoms with Crippen molar-refractivity contribution >= 4 is 29.7 Å². The summed E-state index contributed by atoms with van der Waals surface area (Å²) in [5.74, 6) is -3.37. The van der Waals surface area contributed by atoms with E-state index in [-0.39, 0.29) is 31.8 Å². The van der Waals surface area contributed by atoms with Gasteiger partial charge in [0, 0.05) is 37.8 Å². The summed E-state index contributed by atoms with van der Waals surface area (Å²) in [6.45, 7) is 7.06. The molecule has 5 atom stereocenters. The SMILES string of the molecule is CCCCC(C(=O)NCc1ccccc1)C(=O)NCC(O)[C@H](CC1CCCCC1)N(C(=O)[C@H](Cc1ccccc1)NC(=O)OC(C)(C)C)[C@@H](Cc1cnc[nH]1)C(N)=O. The molecule has 14 nitrogen and oxygen atoms in total. The first kappa shape index (κ1) is 45.5. The third kappa shape index (κ3) is 14.6. The number of hydrogen-bond acceptors (Lipinski definition) is 8. The molecule has 14 heteroatoms. The number of aliphatic hydroxyl groups excluding tert-OH is 1. The van der Waals surface area contributed by atoms with Crippen LogP contribution in [0.5, 0.6) is 0 Å². The lowest BCUT2D eigenvalue weighted by atomic mass is 9.82. The number of nitrogens with zero attached hydrogens (tertiary/aromatic N) is 2. The van der Waals surface area contributed by atoms with E-state index >= 15 is 4.79 Å². The molecule has 0 spiro atoms. The summed E-state index contributed by atoms with van der Waals surface area (Å²) in [6.07, 6.45) is 7.49. The Morgan fingerprint density at radius 1 is 0.931 bits per heavy atom. The van der Waals surface area contributed by atoms with Gasteiger partial charge in [-0.25, -0.2) is 9.78 Å². The number of nitrogens with two attached hydrogens (primary N) is 1. The van der Waals surface area contributed by atoms with Crippen LogP contribution in [0.15, 0.2) is 73.2 Å². The molecule has 316 valence electrons. The number of primary amides is 1. The molecule has 0 aliphatic heterocycles. The normalized spacial score (nSPS) is 15.9. The van der Waals surface area contributed by atoms with Crippen molar-refractivity contribution in [1.29, 1.82) is 0 Å². The van der Waals surface area contributed by atoms with Crippen molar-refractivity contribution in [2.24, 2.45) is 17.6 Å². The highest BCUT2D eigenvalue weighted by molar-refractivity contribution is 6.00. The molecule has 2 unspecified atom stereocenters. The Labute approximate surface area is 342 Å². The number of carbonyl (C=O) groups is 5. The van der Waals surface area contributed by atoms with Gasteiger partial charge in [-0.05, 0) is 50.7 Å². The summed E-state index contributed by atoms with van der Waals surface area (Å²) in [7, 11) is 0. The fraction of sp³-hybridized carbons (Fsp3) is 0.545. The Bertz CT molecular complexity index is 1730. The van der Waals surface area contributed by atoms with Crippen molar-refractivity contribution in [2.75, 3.05) is 6.54 Å². The van der Waals surface area contributed by atoms with Gasteiger partial charge in [0.15, 0.2) is 0 Å². The minimum Gasteiger partial charge on any atom is -0.444 e. The average molecular weight is 802 g/mol. The second-order valence-electron chi connectivity index (χ2n) is 16.4. The monoisotopic (exact) mass is 801 g/mol. The number of aliphatic hydroxyl groups is 1. The molecule has 7 N–H and O–H groups in total. The van der Waals surface area contributed by atoms with E-state index in [4.69, 9.17) is 10.5 Å². The molecule has 5 amide bonds. The zero-order valence-electron chi connectivity index (χ0n) is 34.5. The standard InChI is InChI=1S/C44H63N7O7/c1-5-6-22-34(40(54)47-26-32-20-14-9-15-21-32)41(55)48-28-38(52)36(24-31-18-12-8-13-19-31)51(37(39(45)53)25-33-27-46-29-49-33)42(56)35(23-30-16-10-7-11-17-30)50-43(57)58-44(2,3)4/h7,9-11,14-17,20-21,27,29,31,34-38,52H,5-6,8,12-13,18-19,22-26,28H2,1-4H3,(H2,45,53)(H,46,49)(H,47,54)(H,48,55)(H,50,57)/t34?,35-,36-,37-,38?/m0/s1. The number of rotatable bonds is 21. The van der Waals surface area contributed by atoms with E-state index in [0.29, 0.717) is 25.0 Å². The van der Waals surface area contributed by atoms with Crippen LogP contribution in [0.25, 0.3) is 0 Å². The van der Waals surface area contributed by atoms with Gasteiger partial charge in [0.2, 0.25) is 23.6 Å². The average Bonchev–Trinajstić information content (AvgIpc) is 3.72. The van der Waals surface area contributed by atoms with E-state index in [9.17, 15) is 24.3 Å². The quantitative estimate of drug-likeness (QED) is 0.0830. The van der Waals surface area contributed by atoms with Gasteiger partial charge in [0.1, 0.15) is 23.6 Å². The van der Waals surface area contributed by atoms with Crippen LogP contribution in [0.3, 0.4) is 0 Å². The van der Waals surface area contributed by atoms with Gasteiger partial charge in [0.25, 0.3) is 0 Å². The molecular weight excluding hydrogens is 739 g/mol. The maximum absolute atomic E-state index is 15.2. The highest BCUT2D eigenvalue weighted by Crippen LogP contribution is 2.31. The fourth-order valence-electron chi connectivity index (χ4n) is 7.55. The number of imidazole rings is 1. The molecule has 1 fully saturated rings. The van der Waals surface area contributed by atoms with E-state index in [2.05, 4.69) is 25.9 Å². The number of aromatic amines is 1. The van der Waals surface area contributed by atoms with Crippen LogP contribution < -0.4 is 21.7 Å². The Hall–Kier alpha value is -5.24. The van der Waals surface area contributed by atoms with E-state index in [1.54, 1.807) is 20.8 Å². The maximum atomic E-state index is 15.2. The van der Waals surface area contributed by atoms with Crippen molar-refractivity contribution in [3.8, 4) is 0 Å². The summed E-state index contributed by atoms with van der Waals surface area (Å²) in [5.41, 5.74) is 7.43. The summed E-state index contributed by atoms with van der Waals surface area (Å²) in [6, 6.07) is 15.0. The predicted molar refractivity (Wildman–Crippen MR) is 221 cm³/mol. The summed E-state index contributed by atoms with van der Waals surface area (Å²) >= 11 is 0. The topological polar surface area (TPSA) is 209 Å². The van der Waals surface area contributed by atoms with Crippen molar-refractivity contribution in [1.82, 2.24) is 30.8 Å². The van der Waals surface area contributed by atoms with Gasteiger partial charge in [-0.15, -0.1) is 0 Å². The van der Waals surface area contributed by atoms with E-state index in [0.717, 1.165) is 49.7 Å². The molecule has 0 bridgehead atoms. The van der Waals surface area contributed by atoms with Crippen molar-refractivity contribution in [3.05, 3.63) is 90.0 Å². The molecule has 1 aromatic heterocycles. The van der Waals surface area contributed by atoms with Crippen LogP contribution in [0, 0.1) is 11.8 Å². The summed E-state index contributed by atoms with van der Waals surface area (Å²) in [4.78, 5) is 77.8. The number of alkyl carbamates (subject to hydrolysis) is 1. The Kier molecular flexibility index (Phi) is 17.7. The van der Waals surface area contributed by atoms with Crippen LogP contribution in [-0.4, -0.2) is 86.1 Å². The smallest absolute Gasteiger partial charge is 0.408 e. The molecular formula is C44H63N7O7. The van der Waals surface area contributed by atoms with Crippen LogP contribution in [0.1, 0.15) is 102 Å². The lowest BCUT2D eigenvalue weighted by Crippen LogP contribution is -2.63. The van der Waals surface area contributed by atoms with Crippen molar-refractivity contribution < 1.29 is 33.8 Å². The lowest BCUT2D eigenvalue weighted by Gasteiger charge is -2.42. The highest BCUT2D eigenvalue weighted by atomic mass is 16.6. The second-order valence-corrected chi connectivity index (χ2v) is 16.4. The maximum Gasteiger partial charge on any atom is 0.408 e. The molecule has 1 saturated carbocycles. The molecule has 3 aromatic rings. The molecule has 0 radical (unpaired) electrons. The zero-order valence-corrected chi connectivity index (χ0v) is 34.5. The molecule has 1 aliphatic rings. The minimum atomic E-state index is -1.39. The molecule has 2 aromatic carbocycles. The first-order valence-electron chi connectivity index (χ1n) is 20.6. The molecule has 0 saturated heterocycles. The van der Waals surface area contributed by atoms with Gasteiger partial charge in [0.05, 0.1) is 18.5 Å². The number of amides is 5. The largest absolute Gasteiger partial charge is 0.444 e. The van der Waals surface area contributed by atoms with Gasteiger partial charge in [-0.2, -0.15) is 0 Å². The number of ether oxygens (including phenoxy) is 1. The number of aromatic nitrogens is 2. The van der Waals surface area contributed by atoms with Crippen LogP contribution in [0.2, 0.25) is 0 Å². The molecule has 1 aliphatic carbocycles. The van der Waals surface area contributed by atoms with Gasteiger partial charge < -0.3 is 41.4 Å². The second kappa shape index (κ2) is 22.6. The van der Waals surface area contributed by atoms with Gasteiger partial charge >= 0.3 is 6.09 Å². The van der Waals surface area contributed by atoms with Crippen LogP contribution in [-0.2, 0) is 43.3 Å². The zero-order chi connectivity index (χ0) is 42.1. The third-order valence-electron chi connectivity index (χ3n) is 10.5. The number of nitrogens with one attached hydrogen (secondary N) is 4. The van der Waals surface area contributed by atoms with Gasteiger partial charge in [-0.1, -0.05) is 113 Å². The Morgan fingerprint density at radius 3 is 2.16 bits per heavy atom. The third-order valence-corrected chi connectivity index (χ3v) is 10.5. The predicted octanol–water partition coefficient (Wildman–Crippen LogP) is 4.71. The number of hydrogen-bond donors (Lipinski definition) is 6. The fourth-order valence-corrected chi connectivity index (χ4v) is 7.55. The van der Waals surface area contributed by atoms with Gasteiger partial charge in [-0.3, -0.25) is 19.2 Å².